The summed E-state index contributed by atoms with van der Waals surface area (Å²) in [6.45, 7) is 6.53. The largest absolute Gasteiger partial charge is 0.396 e. The van der Waals surface area contributed by atoms with Gasteiger partial charge in [-0.3, -0.25) is 0 Å². The Hall–Kier alpha value is -0.520. The van der Waals surface area contributed by atoms with E-state index in [2.05, 4.69) is 25.9 Å². The van der Waals surface area contributed by atoms with Crippen molar-refractivity contribution in [2.24, 2.45) is 16.5 Å². The Bertz CT molecular complexity index is 281. The van der Waals surface area contributed by atoms with Gasteiger partial charge in [0.15, 0.2) is 0 Å². The molecule has 2 N–H and O–H groups in total. The first kappa shape index (κ1) is 16.5. The maximum atomic E-state index is 11.2. The first-order valence-electron chi connectivity index (χ1n) is 7.25. The molecule has 19 heavy (non-hydrogen) atoms. The topological polar surface area (TPSA) is 79.1 Å². The van der Waals surface area contributed by atoms with Crippen molar-refractivity contribution in [1.29, 1.82) is 0 Å². The summed E-state index contributed by atoms with van der Waals surface area (Å²) in [7, 11) is 0. The summed E-state index contributed by atoms with van der Waals surface area (Å²) >= 11 is 0. The molecule has 1 aliphatic rings. The van der Waals surface area contributed by atoms with Gasteiger partial charge in [0.05, 0.1) is 12.7 Å². The molecule has 0 amide bonds. The molecule has 0 aromatic heterocycles. The molecule has 1 heterocycles. The zero-order chi connectivity index (χ0) is 14.5. The highest BCUT2D eigenvalue weighted by atomic mass is 16.5. The average molecular weight is 273 g/mol. The number of rotatable bonds is 6. The van der Waals surface area contributed by atoms with Crippen molar-refractivity contribution >= 4 is 0 Å². The molecule has 1 rings (SSSR count). The fourth-order valence-corrected chi connectivity index (χ4v) is 3.05. The summed E-state index contributed by atoms with van der Waals surface area (Å²) < 4.78 is 5.59. The molecule has 0 bridgehead atoms. The first-order chi connectivity index (χ1) is 9.02. The third-order valence-electron chi connectivity index (χ3n) is 4.91. The SMILES string of the molecule is CCC(C)(CC)C1CC(CCO)OCC(O)C1N=O. The number of aliphatic hydroxyl groups excluding tert-OH is 2. The summed E-state index contributed by atoms with van der Waals surface area (Å²) in [6, 6.07) is -0.617. The molecule has 0 aromatic carbocycles. The van der Waals surface area contributed by atoms with E-state index in [9.17, 15) is 10.0 Å². The van der Waals surface area contributed by atoms with Crippen LogP contribution in [0.5, 0.6) is 0 Å². The second-order valence-corrected chi connectivity index (χ2v) is 5.83. The van der Waals surface area contributed by atoms with E-state index in [4.69, 9.17) is 9.84 Å². The van der Waals surface area contributed by atoms with Crippen LogP contribution in [0.15, 0.2) is 5.18 Å². The Morgan fingerprint density at radius 2 is 2.00 bits per heavy atom. The number of nitroso groups, excluding NO2 is 1. The van der Waals surface area contributed by atoms with Crippen LogP contribution in [0, 0.1) is 16.2 Å². The molecule has 0 radical (unpaired) electrons. The van der Waals surface area contributed by atoms with Crippen LogP contribution in [0.1, 0.15) is 46.5 Å². The first-order valence-corrected chi connectivity index (χ1v) is 7.25. The third kappa shape index (κ3) is 3.74. The Kier molecular flexibility index (Phi) is 6.36. The van der Waals surface area contributed by atoms with Gasteiger partial charge in [-0.1, -0.05) is 38.8 Å². The summed E-state index contributed by atoms with van der Waals surface area (Å²) in [5.41, 5.74) is -0.0407. The monoisotopic (exact) mass is 273 g/mol. The van der Waals surface area contributed by atoms with E-state index in [0.717, 1.165) is 12.8 Å². The molecule has 5 nitrogen and oxygen atoms in total. The summed E-state index contributed by atoms with van der Waals surface area (Å²) in [4.78, 5) is 11.2. The van der Waals surface area contributed by atoms with E-state index < -0.39 is 12.1 Å². The van der Waals surface area contributed by atoms with E-state index in [-0.39, 0.29) is 30.7 Å². The fourth-order valence-electron chi connectivity index (χ4n) is 3.05. The van der Waals surface area contributed by atoms with E-state index in [0.29, 0.717) is 12.8 Å². The molecule has 4 atom stereocenters. The highest BCUT2D eigenvalue weighted by Gasteiger charge is 2.44. The number of aliphatic hydroxyl groups is 2. The maximum Gasteiger partial charge on any atom is 0.123 e. The van der Waals surface area contributed by atoms with Crippen molar-refractivity contribution in [2.45, 2.75) is 64.7 Å². The van der Waals surface area contributed by atoms with Crippen LogP contribution in [-0.4, -0.2) is 41.7 Å². The Morgan fingerprint density at radius 1 is 1.37 bits per heavy atom. The minimum Gasteiger partial charge on any atom is -0.396 e. The zero-order valence-corrected chi connectivity index (χ0v) is 12.2. The molecule has 0 aromatic rings. The van der Waals surface area contributed by atoms with Crippen LogP contribution in [0.2, 0.25) is 0 Å². The minimum absolute atomic E-state index is 0.00551. The summed E-state index contributed by atoms with van der Waals surface area (Å²) in [6.07, 6.45) is 2.12. The minimum atomic E-state index is -0.844. The second-order valence-electron chi connectivity index (χ2n) is 5.83. The van der Waals surface area contributed by atoms with Crippen molar-refractivity contribution in [2.75, 3.05) is 13.2 Å². The molecule has 4 unspecified atom stereocenters. The lowest BCUT2D eigenvalue weighted by Gasteiger charge is -2.39. The predicted molar refractivity (Wildman–Crippen MR) is 73.8 cm³/mol. The Morgan fingerprint density at radius 3 is 2.47 bits per heavy atom. The van der Waals surface area contributed by atoms with Crippen LogP contribution in [-0.2, 0) is 4.74 Å². The van der Waals surface area contributed by atoms with E-state index in [1.54, 1.807) is 0 Å². The van der Waals surface area contributed by atoms with Gasteiger partial charge >= 0.3 is 0 Å². The molecule has 1 saturated heterocycles. The lowest BCUT2D eigenvalue weighted by Crippen LogP contribution is -2.41. The summed E-state index contributed by atoms with van der Waals surface area (Å²) in [5, 5.41) is 22.3. The summed E-state index contributed by atoms with van der Waals surface area (Å²) in [5.74, 6) is -0.00551. The fraction of sp³-hybridized carbons (Fsp3) is 1.00. The van der Waals surface area contributed by atoms with E-state index >= 15 is 0 Å². The Balaban J connectivity index is 2.99. The van der Waals surface area contributed by atoms with Gasteiger partial charge in [0.2, 0.25) is 0 Å². The Labute approximate surface area is 115 Å². The van der Waals surface area contributed by atoms with Crippen LogP contribution in [0.3, 0.4) is 0 Å². The molecule has 5 heteroatoms. The predicted octanol–water partition coefficient (Wildman–Crippen LogP) is 2.10. The van der Waals surface area contributed by atoms with Gasteiger partial charge in [-0.25, -0.2) is 0 Å². The van der Waals surface area contributed by atoms with Gasteiger partial charge in [-0.15, -0.1) is 0 Å². The van der Waals surface area contributed by atoms with Gasteiger partial charge in [0.25, 0.3) is 0 Å². The number of hydrogen-bond acceptors (Lipinski definition) is 5. The molecule has 0 spiro atoms. The highest BCUT2D eigenvalue weighted by Crippen LogP contribution is 2.43. The van der Waals surface area contributed by atoms with Gasteiger partial charge in [-0.05, 0) is 24.2 Å². The van der Waals surface area contributed by atoms with Gasteiger partial charge in [0, 0.05) is 6.61 Å². The lowest BCUT2D eigenvalue weighted by atomic mass is 9.67. The normalized spacial score (nSPS) is 32.9. The van der Waals surface area contributed by atoms with Gasteiger partial charge in [-0.2, -0.15) is 4.91 Å². The quantitative estimate of drug-likeness (QED) is 0.726. The number of ether oxygens (including phenoxy) is 1. The van der Waals surface area contributed by atoms with Crippen molar-refractivity contribution in [1.82, 2.24) is 0 Å². The van der Waals surface area contributed by atoms with Crippen molar-refractivity contribution in [3.8, 4) is 0 Å². The van der Waals surface area contributed by atoms with Gasteiger partial charge < -0.3 is 14.9 Å². The molecule has 1 fully saturated rings. The molecule has 1 aliphatic heterocycles. The van der Waals surface area contributed by atoms with Crippen molar-refractivity contribution < 1.29 is 14.9 Å². The molecule has 0 aliphatic carbocycles. The second kappa shape index (κ2) is 7.31. The van der Waals surface area contributed by atoms with E-state index in [1.165, 1.54) is 0 Å². The van der Waals surface area contributed by atoms with Crippen molar-refractivity contribution in [3.05, 3.63) is 4.91 Å². The zero-order valence-electron chi connectivity index (χ0n) is 12.2. The van der Waals surface area contributed by atoms with Crippen LogP contribution in [0.4, 0.5) is 0 Å². The lowest BCUT2D eigenvalue weighted by molar-refractivity contribution is -0.00737. The molecular formula is C14H27NO4. The third-order valence-corrected chi connectivity index (χ3v) is 4.91. The maximum absolute atomic E-state index is 11.2. The standard InChI is InChI=1S/C14H27NO4/c1-4-14(3,5-2)11-8-10(6-7-16)19-9-12(17)13(11)15-18/h10-13,16-17H,4-9H2,1-3H3. The van der Waals surface area contributed by atoms with Crippen LogP contribution < -0.4 is 0 Å². The highest BCUT2D eigenvalue weighted by molar-refractivity contribution is 4.95. The van der Waals surface area contributed by atoms with Crippen LogP contribution in [0.25, 0.3) is 0 Å². The molecular weight excluding hydrogens is 246 g/mol. The van der Waals surface area contributed by atoms with Crippen LogP contribution >= 0.6 is 0 Å². The smallest absolute Gasteiger partial charge is 0.123 e. The van der Waals surface area contributed by atoms with E-state index in [1.807, 2.05) is 0 Å². The number of nitrogens with zero attached hydrogens (tertiary/aromatic N) is 1. The molecule has 112 valence electrons. The van der Waals surface area contributed by atoms with Gasteiger partial charge in [0.1, 0.15) is 12.1 Å². The van der Waals surface area contributed by atoms with Crippen molar-refractivity contribution in [3.63, 3.8) is 0 Å². The average Bonchev–Trinajstić information content (AvgIpc) is 2.58. The molecule has 0 saturated carbocycles. The number of hydrogen-bond donors (Lipinski definition) is 2.